The summed E-state index contributed by atoms with van der Waals surface area (Å²) in [5.74, 6) is -1.05. The lowest BCUT2D eigenvalue weighted by molar-refractivity contribution is -0.137. The van der Waals surface area contributed by atoms with Gasteiger partial charge in [-0.3, -0.25) is 14.5 Å². The maximum Gasteiger partial charge on any atom is 0.321 e. The summed E-state index contributed by atoms with van der Waals surface area (Å²) < 4.78 is 5.69. The number of piperazine rings is 1. The molecule has 3 rings (SSSR count). The number of benzene rings is 2. The molecule has 0 saturated carbocycles. The van der Waals surface area contributed by atoms with E-state index < -0.39 is 17.4 Å². The minimum Gasteiger partial charge on any atom is -0.480 e. The monoisotopic (exact) mass is 608 g/mol. The first-order valence-corrected chi connectivity index (χ1v) is 14.9. The fourth-order valence-electron chi connectivity index (χ4n) is 4.36. The van der Waals surface area contributed by atoms with E-state index in [2.05, 4.69) is 4.90 Å². The van der Waals surface area contributed by atoms with Gasteiger partial charge in [0, 0.05) is 61.3 Å². The van der Waals surface area contributed by atoms with Crippen LogP contribution in [0.15, 0.2) is 48.5 Å². The summed E-state index contributed by atoms with van der Waals surface area (Å²) in [6, 6.07) is 14.0. The van der Waals surface area contributed by atoms with Gasteiger partial charge in [0.15, 0.2) is 6.29 Å². The molecule has 2 unspecified atom stereocenters. The summed E-state index contributed by atoms with van der Waals surface area (Å²) in [5, 5.41) is 9.20. The molecule has 1 fully saturated rings. The first-order valence-electron chi connectivity index (χ1n) is 13.5. The van der Waals surface area contributed by atoms with Gasteiger partial charge in [-0.25, -0.2) is 0 Å². The van der Waals surface area contributed by atoms with Crippen LogP contribution in [0.4, 0.5) is 5.69 Å². The van der Waals surface area contributed by atoms with Crippen molar-refractivity contribution in [3.05, 3.63) is 64.7 Å². The van der Waals surface area contributed by atoms with Gasteiger partial charge in [0.1, 0.15) is 11.4 Å². The minimum absolute atomic E-state index is 0. The summed E-state index contributed by atoms with van der Waals surface area (Å²) in [4.78, 5) is 42.4. The van der Waals surface area contributed by atoms with Crippen molar-refractivity contribution in [1.29, 1.82) is 0 Å². The summed E-state index contributed by atoms with van der Waals surface area (Å²) in [6.07, 6.45) is 1.75. The standard InChI is InChI=1S/C29H39ClN4O5S.H2O/c1-21(2)39-18-17-34(27(19-35)40-20-26(31)29(37)38)25-9-5-23(6-10-25)28(36)33-15-13-32(14-16-33)12-11-22-3-7-24(30)8-4-22;/h3-10,19,21,26-27H,11-18,20,31H2,1-2H3,(H,37,38);1H2. The molecule has 1 heterocycles. The maximum absolute atomic E-state index is 13.2. The van der Waals surface area contributed by atoms with Gasteiger partial charge in [-0.15, -0.1) is 11.8 Å². The molecule has 0 spiro atoms. The van der Waals surface area contributed by atoms with E-state index in [1.165, 1.54) is 17.3 Å². The van der Waals surface area contributed by atoms with Crippen LogP contribution < -0.4 is 10.6 Å². The highest BCUT2D eigenvalue weighted by Gasteiger charge is 2.24. The second-order valence-corrected chi connectivity index (χ2v) is 11.6. The molecular weight excluding hydrogens is 568 g/mol. The van der Waals surface area contributed by atoms with Gasteiger partial charge in [0.25, 0.3) is 5.91 Å². The molecule has 10 nitrogen and oxygen atoms in total. The first kappa shape index (κ1) is 34.5. The van der Waals surface area contributed by atoms with E-state index in [9.17, 15) is 14.4 Å². The molecule has 0 aliphatic carbocycles. The zero-order valence-electron chi connectivity index (χ0n) is 23.6. The van der Waals surface area contributed by atoms with Crippen molar-refractivity contribution >= 4 is 47.2 Å². The Balaban J connectivity index is 0.00000588. The van der Waals surface area contributed by atoms with Crippen LogP contribution in [-0.2, 0) is 20.7 Å². The van der Waals surface area contributed by atoms with E-state index in [0.29, 0.717) is 31.8 Å². The third-order valence-corrected chi connectivity index (χ3v) is 8.22. The zero-order valence-corrected chi connectivity index (χ0v) is 25.2. The lowest BCUT2D eigenvalue weighted by Crippen LogP contribution is -2.49. The van der Waals surface area contributed by atoms with Crippen molar-refractivity contribution in [3.63, 3.8) is 0 Å². The van der Waals surface area contributed by atoms with Gasteiger partial charge < -0.3 is 35.6 Å². The molecule has 0 bridgehead atoms. The second kappa shape index (κ2) is 17.3. The van der Waals surface area contributed by atoms with Crippen molar-refractivity contribution < 1.29 is 29.7 Å². The number of carboxylic acid groups (broad SMARTS) is 1. The SMILES string of the molecule is CC(C)OCCN(c1ccc(C(=O)N2CCN(CCc3ccc(Cl)cc3)CC2)cc1)C(C=O)SCC(N)C(=O)O.O. The van der Waals surface area contributed by atoms with Crippen LogP contribution in [0.1, 0.15) is 29.8 Å². The van der Waals surface area contributed by atoms with Crippen LogP contribution in [0, 0.1) is 0 Å². The fourth-order valence-corrected chi connectivity index (χ4v) is 5.52. The molecule has 12 heteroatoms. The number of nitrogens with zero attached hydrogens (tertiary/aromatic N) is 3. The lowest BCUT2D eigenvalue weighted by atomic mass is 10.1. The van der Waals surface area contributed by atoms with Crippen LogP contribution in [0.25, 0.3) is 0 Å². The Kier molecular flexibility index (Phi) is 14.6. The lowest BCUT2D eigenvalue weighted by Gasteiger charge is -2.35. The number of aliphatic carboxylic acids is 1. The number of carbonyl (C=O) groups excluding carboxylic acids is 2. The molecule has 0 aromatic heterocycles. The molecule has 2 aromatic rings. The molecule has 1 amide bonds. The molecule has 41 heavy (non-hydrogen) atoms. The predicted octanol–water partition coefficient (Wildman–Crippen LogP) is 2.42. The van der Waals surface area contributed by atoms with Gasteiger partial charge in [-0.05, 0) is 62.2 Å². The van der Waals surface area contributed by atoms with Crippen molar-refractivity contribution in [1.82, 2.24) is 9.80 Å². The molecule has 2 aromatic carbocycles. The number of nitrogens with two attached hydrogens (primary N) is 1. The van der Waals surface area contributed by atoms with Crippen LogP contribution in [0.5, 0.6) is 0 Å². The summed E-state index contributed by atoms with van der Waals surface area (Å²) in [7, 11) is 0. The Morgan fingerprint density at radius 2 is 1.73 bits per heavy atom. The number of aldehydes is 1. The van der Waals surface area contributed by atoms with Crippen molar-refractivity contribution in [2.75, 3.05) is 56.5 Å². The Labute approximate surface area is 251 Å². The first-order chi connectivity index (χ1) is 19.2. The van der Waals surface area contributed by atoms with E-state index in [-0.39, 0.29) is 23.2 Å². The minimum atomic E-state index is -1.11. The number of hydrogen-bond donors (Lipinski definition) is 2. The highest BCUT2D eigenvalue weighted by atomic mass is 35.5. The number of rotatable bonds is 15. The number of amides is 1. The van der Waals surface area contributed by atoms with Gasteiger partial charge in [-0.2, -0.15) is 0 Å². The second-order valence-electron chi connectivity index (χ2n) is 9.97. The van der Waals surface area contributed by atoms with Gasteiger partial charge in [0.2, 0.25) is 0 Å². The number of hydrogen-bond acceptors (Lipinski definition) is 8. The Morgan fingerprint density at radius 1 is 1.10 bits per heavy atom. The zero-order chi connectivity index (χ0) is 29.1. The quantitative estimate of drug-likeness (QED) is 0.230. The van der Waals surface area contributed by atoms with Crippen LogP contribution in [0.2, 0.25) is 5.02 Å². The molecule has 1 aliphatic heterocycles. The fraction of sp³-hybridized carbons (Fsp3) is 0.483. The average molecular weight is 609 g/mol. The van der Waals surface area contributed by atoms with Gasteiger partial charge in [-0.1, -0.05) is 23.7 Å². The van der Waals surface area contributed by atoms with Crippen LogP contribution >= 0.6 is 23.4 Å². The number of carboxylic acids is 1. The smallest absolute Gasteiger partial charge is 0.321 e. The topological polar surface area (TPSA) is 148 Å². The predicted molar refractivity (Wildman–Crippen MR) is 164 cm³/mol. The van der Waals surface area contributed by atoms with E-state index in [4.69, 9.17) is 27.2 Å². The maximum atomic E-state index is 13.2. The summed E-state index contributed by atoms with van der Waals surface area (Å²) in [5.41, 5.74) is 8.22. The third kappa shape index (κ3) is 10.9. The van der Waals surface area contributed by atoms with Crippen molar-refractivity contribution in [3.8, 4) is 0 Å². The molecular formula is C29H41ClN4O6S. The van der Waals surface area contributed by atoms with E-state index in [1.54, 1.807) is 12.1 Å². The van der Waals surface area contributed by atoms with Crippen LogP contribution in [0.3, 0.4) is 0 Å². The molecule has 0 radical (unpaired) electrons. The Bertz CT molecular complexity index is 1100. The molecule has 1 saturated heterocycles. The van der Waals surface area contributed by atoms with Crippen molar-refractivity contribution in [2.24, 2.45) is 5.73 Å². The molecule has 1 aliphatic rings. The molecule has 5 N–H and O–H groups in total. The number of halogens is 1. The molecule has 2 atom stereocenters. The third-order valence-electron chi connectivity index (χ3n) is 6.71. The summed E-state index contributed by atoms with van der Waals surface area (Å²) >= 11 is 7.14. The number of ether oxygens (including phenoxy) is 1. The van der Waals surface area contributed by atoms with Gasteiger partial charge >= 0.3 is 5.97 Å². The summed E-state index contributed by atoms with van der Waals surface area (Å²) in [6.45, 7) is 8.56. The van der Waals surface area contributed by atoms with Crippen molar-refractivity contribution in [2.45, 2.75) is 37.8 Å². The highest BCUT2D eigenvalue weighted by molar-refractivity contribution is 8.00. The average Bonchev–Trinajstić information content (AvgIpc) is 2.96. The van der Waals surface area contributed by atoms with E-state index in [0.717, 1.165) is 43.1 Å². The number of carbonyl (C=O) groups is 3. The highest BCUT2D eigenvalue weighted by Crippen LogP contribution is 2.24. The van der Waals surface area contributed by atoms with E-state index >= 15 is 0 Å². The Morgan fingerprint density at radius 3 is 2.29 bits per heavy atom. The molecule has 226 valence electrons. The number of anilines is 1. The normalized spacial score (nSPS) is 15.2. The van der Waals surface area contributed by atoms with Gasteiger partial charge in [0.05, 0.1) is 12.7 Å². The number of thioether (sulfide) groups is 1. The van der Waals surface area contributed by atoms with Crippen LogP contribution in [-0.4, -0.2) is 108 Å². The van der Waals surface area contributed by atoms with E-state index in [1.807, 2.05) is 60.0 Å². The Hall–Kier alpha value is -2.67. The largest absolute Gasteiger partial charge is 0.480 e.